The van der Waals surface area contributed by atoms with Crippen LogP contribution < -0.4 is 14.2 Å². The molecule has 1 atom stereocenters. The number of hydrogen-bond acceptors (Lipinski definition) is 4. The second-order valence-electron chi connectivity index (χ2n) is 7.17. The molecule has 4 nitrogen and oxygen atoms in total. The van der Waals surface area contributed by atoms with Gasteiger partial charge in [-0.3, -0.25) is 0 Å². The lowest BCUT2D eigenvalue weighted by Crippen LogP contribution is -2.28. The predicted molar refractivity (Wildman–Crippen MR) is 96.8 cm³/mol. The van der Waals surface area contributed by atoms with E-state index in [1.807, 2.05) is 32.0 Å². The molecule has 2 aromatic rings. The van der Waals surface area contributed by atoms with Crippen LogP contribution in [-0.4, -0.2) is 24.4 Å². The minimum absolute atomic E-state index is 0.112. The number of aromatic hydroxyl groups is 1. The van der Waals surface area contributed by atoms with Crippen molar-refractivity contribution in [3.63, 3.8) is 0 Å². The van der Waals surface area contributed by atoms with Crippen LogP contribution in [0.5, 0.6) is 23.0 Å². The molecule has 25 heavy (non-hydrogen) atoms. The lowest BCUT2D eigenvalue weighted by molar-refractivity contribution is 0.157. The van der Waals surface area contributed by atoms with Crippen LogP contribution >= 0.6 is 0 Å². The molecule has 2 aliphatic heterocycles. The molecule has 0 radical (unpaired) electrons. The number of phenols is 1. The summed E-state index contributed by atoms with van der Waals surface area (Å²) in [6, 6.07) is 9.55. The molecule has 0 amide bonds. The summed E-state index contributed by atoms with van der Waals surface area (Å²) >= 11 is 0. The molecule has 1 N–H and O–H groups in total. The molecule has 130 valence electrons. The van der Waals surface area contributed by atoms with E-state index in [4.69, 9.17) is 14.2 Å². The van der Waals surface area contributed by atoms with Gasteiger partial charge in [0.25, 0.3) is 0 Å². The average Bonchev–Trinajstić information content (AvgIpc) is 2.59. The largest absolute Gasteiger partial charge is 0.508 e. The summed E-state index contributed by atoms with van der Waals surface area (Å²) in [7, 11) is 1.59. The highest BCUT2D eigenvalue weighted by atomic mass is 16.5. The molecule has 2 heterocycles. The van der Waals surface area contributed by atoms with Crippen LogP contribution in [0.1, 0.15) is 36.5 Å². The van der Waals surface area contributed by atoms with Gasteiger partial charge in [0, 0.05) is 29.2 Å². The monoisotopic (exact) mass is 338 g/mol. The fourth-order valence-electron chi connectivity index (χ4n) is 3.46. The number of hydrogen-bond donors (Lipinski definition) is 1. The van der Waals surface area contributed by atoms with Gasteiger partial charge in [-0.2, -0.15) is 0 Å². The van der Waals surface area contributed by atoms with E-state index in [0.717, 1.165) is 34.6 Å². The van der Waals surface area contributed by atoms with Gasteiger partial charge in [-0.25, -0.2) is 0 Å². The van der Waals surface area contributed by atoms with Crippen LogP contribution in [0.15, 0.2) is 36.4 Å². The molecule has 0 aromatic heterocycles. The van der Waals surface area contributed by atoms with Gasteiger partial charge in [0.05, 0.1) is 13.7 Å². The van der Waals surface area contributed by atoms with Gasteiger partial charge >= 0.3 is 0 Å². The first kappa shape index (κ1) is 15.9. The summed E-state index contributed by atoms with van der Waals surface area (Å²) in [5.74, 6) is 2.74. The second-order valence-corrected chi connectivity index (χ2v) is 7.17. The van der Waals surface area contributed by atoms with E-state index in [9.17, 15) is 5.11 Å². The molecule has 0 aliphatic carbocycles. The van der Waals surface area contributed by atoms with Gasteiger partial charge in [0.15, 0.2) is 0 Å². The van der Waals surface area contributed by atoms with Crippen molar-refractivity contribution in [3.05, 3.63) is 53.1 Å². The van der Waals surface area contributed by atoms with Gasteiger partial charge < -0.3 is 19.3 Å². The van der Waals surface area contributed by atoms with Gasteiger partial charge in [0.1, 0.15) is 28.6 Å². The van der Waals surface area contributed by atoms with Crippen molar-refractivity contribution >= 4 is 6.08 Å². The summed E-state index contributed by atoms with van der Waals surface area (Å²) in [5, 5.41) is 10.3. The average molecular weight is 338 g/mol. The molecule has 0 saturated carbocycles. The fourth-order valence-corrected chi connectivity index (χ4v) is 3.46. The third kappa shape index (κ3) is 2.93. The quantitative estimate of drug-likeness (QED) is 0.887. The Morgan fingerprint density at radius 1 is 1.16 bits per heavy atom. The van der Waals surface area contributed by atoms with E-state index < -0.39 is 0 Å². The first-order valence-electron chi connectivity index (χ1n) is 8.50. The zero-order valence-electron chi connectivity index (χ0n) is 14.7. The van der Waals surface area contributed by atoms with Crippen molar-refractivity contribution in [3.8, 4) is 23.0 Å². The Labute approximate surface area is 147 Å². The van der Waals surface area contributed by atoms with Crippen LogP contribution in [0, 0.1) is 0 Å². The van der Waals surface area contributed by atoms with Crippen LogP contribution in [0.3, 0.4) is 0 Å². The maximum absolute atomic E-state index is 10.3. The number of rotatable bonds is 2. The van der Waals surface area contributed by atoms with Gasteiger partial charge in [-0.05, 0) is 44.0 Å². The Balaban J connectivity index is 1.64. The molecule has 4 rings (SSSR count). The van der Waals surface area contributed by atoms with Crippen molar-refractivity contribution in [2.45, 2.75) is 31.8 Å². The zero-order chi connectivity index (χ0) is 17.6. The Morgan fingerprint density at radius 2 is 2.00 bits per heavy atom. The molecule has 0 spiro atoms. The highest BCUT2D eigenvalue weighted by Gasteiger charge is 2.28. The van der Waals surface area contributed by atoms with Gasteiger partial charge in [-0.15, -0.1) is 0 Å². The third-order valence-electron chi connectivity index (χ3n) is 4.81. The van der Waals surface area contributed by atoms with Crippen molar-refractivity contribution in [1.82, 2.24) is 0 Å². The first-order chi connectivity index (χ1) is 11.9. The van der Waals surface area contributed by atoms with Crippen LogP contribution in [-0.2, 0) is 6.42 Å². The molecule has 0 unspecified atom stereocenters. The molecule has 0 fully saturated rings. The molecule has 4 heteroatoms. The minimum atomic E-state index is -0.298. The number of phenolic OH excluding ortho intramolecular Hbond substituents is 1. The summed E-state index contributed by atoms with van der Waals surface area (Å²) < 4.78 is 17.2. The van der Waals surface area contributed by atoms with E-state index in [1.165, 1.54) is 0 Å². The summed E-state index contributed by atoms with van der Waals surface area (Å²) in [4.78, 5) is 0. The lowest BCUT2D eigenvalue weighted by Gasteiger charge is -2.31. The fraction of sp³-hybridized carbons (Fsp3) is 0.333. The molecular weight excluding hydrogens is 316 g/mol. The highest BCUT2D eigenvalue weighted by molar-refractivity contribution is 5.65. The van der Waals surface area contributed by atoms with Crippen molar-refractivity contribution < 1.29 is 19.3 Å². The molecular formula is C21H22O4. The van der Waals surface area contributed by atoms with E-state index >= 15 is 0 Å². The van der Waals surface area contributed by atoms with Crippen molar-refractivity contribution in [2.24, 2.45) is 0 Å². The Bertz CT molecular complexity index is 851. The Hall–Kier alpha value is -2.62. The van der Waals surface area contributed by atoms with E-state index in [2.05, 4.69) is 18.2 Å². The van der Waals surface area contributed by atoms with E-state index in [0.29, 0.717) is 12.4 Å². The Morgan fingerprint density at radius 3 is 2.76 bits per heavy atom. The smallest absolute Gasteiger partial charge is 0.131 e. The van der Waals surface area contributed by atoms with Gasteiger partial charge in [-0.1, -0.05) is 12.1 Å². The number of methoxy groups -OCH3 is 1. The number of fused-ring (bicyclic) bond motifs is 2. The highest BCUT2D eigenvalue weighted by Crippen LogP contribution is 2.42. The standard InChI is InChI=1S/C21H22O4/c1-21(2)7-6-13-8-14-9-15(12-24-19(14)11-20(13)25-21)17-5-4-16(23-3)10-18(17)22/h4-8,10-11,15,22H,9,12H2,1-3H3/t15-/m1/s1. The van der Waals surface area contributed by atoms with Crippen LogP contribution in [0.4, 0.5) is 0 Å². The van der Waals surface area contributed by atoms with Gasteiger partial charge in [0.2, 0.25) is 0 Å². The minimum Gasteiger partial charge on any atom is -0.508 e. The molecule has 2 aliphatic rings. The summed E-state index contributed by atoms with van der Waals surface area (Å²) in [6.07, 6.45) is 4.99. The molecule has 0 saturated heterocycles. The van der Waals surface area contributed by atoms with Crippen molar-refractivity contribution in [1.29, 1.82) is 0 Å². The van der Waals surface area contributed by atoms with E-state index in [1.54, 1.807) is 13.2 Å². The molecule has 0 bridgehead atoms. The maximum atomic E-state index is 10.3. The van der Waals surface area contributed by atoms with Crippen LogP contribution in [0.2, 0.25) is 0 Å². The summed E-state index contributed by atoms with van der Waals surface area (Å²) in [5.41, 5.74) is 2.80. The number of ether oxygens (including phenoxy) is 3. The van der Waals surface area contributed by atoms with Crippen LogP contribution in [0.25, 0.3) is 6.08 Å². The first-order valence-corrected chi connectivity index (χ1v) is 8.50. The van der Waals surface area contributed by atoms with Crippen molar-refractivity contribution in [2.75, 3.05) is 13.7 Å². The molecule has 2 aromatic carbocycles. The summed E-state index contributed by atoms with van der Waals surface area (Å²) in [6.45, 7) is 4.61. The lowest BCUT2D eigenvalue weighted by atomic mass is 9.88. The normalized spacial score (nSPS) is 20.0. The topological polar surface area (TPSA) is 47.9 Å². The second kappa shape index (κ2) is 5.73. The predicted octanol–water partition coefficient (Wildman–Crippen LogP) is 4.30. The number of benzene rings is 2. The maximum Gasteiger partial charge on any atom is 0.131 e. The SMILES string of the molecule is COc1ccc([C@H]2COc3cc4c(cc3C2)C=CC(C)(C)O4)c(O)c1. The zero-order valence-corrected chi connectivity index (χ0v) is 14.7. The third-order valence-corrected chi connectivity index (χ3v) is 4.81. The Kier molecular flexibility index (Phi) is 3.64. The van der Waals surface area contributed by atoms with E-state index in [-0.39, 0.29) is 17.3 Å².